The van der Waals surface area contributed by atoms with Crippen LogP contribution in [-0.4, -0.2) is 31.4 Å². The monoisotopic (exact) mass is 418 g/mol. The van der Waals surface area contributed by atoms with E-state index in [-0.39, 0.29) is 30.1 Å². The number of hydrogen-bond donors (Lipinski definition) is 2. The first-order valence-corrected chi connectivity index (χ1v) is 8.96. The maximum Gasteiger partial charge on any atom is 0.231 e. The molecule has 0 saturated carbocycles. The number of benzene rings is 2. The minimum absolute atomic E-state index is 0. The number of methoxy groups -OCH3 is 1. The van der Waals surface area contributed by atoms with Gasteiger partial charge in [0.25, 0.3) is 0 Å². The van der Waals surface area contributed by atoms with Gasteiger partial charge in [-0.25, -0.2) is 4.39 Å². The van der Waals surface area contributed by atoms with Crippen molar-refractivity contribution in [2.45, 2.75) is 12.8 Å². The van der Waals surface area contributed by atoms with Gasteiger partial charge in [0.2, 0.25) is 5.88 Å². The van der Waals surface area contributed by atoms with Gasteiger partial charge in [-0.05, 0) is 17.2 Å². The van der Waals surface area contributed by atoms with Gasteiger partial charge in [0.15, 0.2) is 5.96 Å². The zero-order chi connectivity index (χ0) is 19.9. The van der Waals surface area contributed by atoms with Crippen molar-refractivity contribution < 1.29 is 13.7 Å². The number of halogens is 2. The molecule has 0 aliphatic rings. The summed E-state index contributed by atoms with van der Waals surface area (Å²) in [5, 5.41) is 6.90. The maximum absolute atomic E-state index is 14.6. The molecule has 0 aliphatic carbocycles. The van der Waals surface area contributed by atoms with E-state index < -0.39 is 0 Å². The van der Waals surface area contributed by atoms with Crippen molar-refractivity contribution >= 4 is 24.3 Å². The molecule has 3 N–H and O–H groups in total. The molecule has 3 rings (SSSR count). The maximum atomic E-state index is 14.6. The number of hydrogen-bond acceptors (Lipinski definition) is 4. The Morgan fingerprint density at radius 1 is 1.24 bits per heavy atom. The van der Waals surface area contributed by atoms with Gasteiger partial charge in [-0.2, -0.15) is 0 Å². The summed E-state index contributed by atoms with van der Waals surface area (Å²) in [4.78, 5) is 4.09. The normalized spacial score (nSPS) is 12.3. The van der Waals surface area contributed by atoms with Crippen LogP contribution in [0.15, 0.2) is 64.1 Å². The minimum Gasteiger partial charge on any atom is -0.383 e. The van der Waals surface area contributed by atoms with Crippen LogP contribution >= 0.6 is 12.4 Å². The van der Waals surface area contributed by atoms with Gasteiger partial charge in [0.1, 0.15) is 5.82 Å². The molecule has 2 aromatic carbocycles. The van der Waals surface area contributed by atoms with E-state index in [2.05, 4.69) is 15.5 Å². The Bertz CT molecular complexity index is 947. The molecular formula is C21H24ClFN4O2. The summed E-state index contributed by atoms with van der Waals surface area (Å²) in [5.41, 5.74) is 8.66. The van der Waals surface area contributed by atoms with Crippen LogP contribution in [0.25, 0.3) is 11.1 Å². The highest BCUT2D eigenvalue weighted by Crippen LogP contribution is 2.29. The molecule has 0 spiro atoms. The molecule has 154 valence electrons. The summed E-state index contributed by atoms with van der Waals surface area (Å²) in [6.45, 7) is 2.86. The predicted octanol–water partition coefficient (Wildman–Crippen LogP) is 4.43. The van der Waals surface area contributed by atoms with Gasteiger partial charge in [-0.15, -0.1) is 12.4 Å². The van der Waals surface area contributed by atoms with Crippen LogP contribution in [0, 0.1) is 5.82 Å². The summed E-state index contributed by atoms with van der Waals surface area (Å²) in [6, 6.07) is 16.4. The second kappa shape index (κ2) is 10.6. The molecule has 0 saturated heterocycles. The largest absolute Gasteiger partial charge is 0.383 e. The van der Waals surface area contributed by atoms with E-state index in [1.807, 2.05) is 43.3 Å². The van der Waals surface area contributed by atoms with Crippen molar-refractivity contribution in [1.82, 2.24) is 5.16 Å². The van der Waals surface area contributed by atoms with E-state index in [4.69, 9.17) is 15.0 Å². The second-order valence-corrected chi connectivity index (χ2v) is 6.33. The number of aliphatic imine (C=N–C) groups is 1. The molecule has 0 aliphatic heterocycles. The van der Waals surface area contributed by atoms with Gasteiger partial charge in [-0.1, -0.05) is 54.5 Å². The first kappa shape index (κ1) is 22.4. The van der Waals surface area contributed by atoms with E-state index in [9.17, 15) is 4.39 Å². The van der Waals surface area contributed by atoms with Gasteiger partial charge < -0.3 is 15.0 Å². The van der Waals surface area contributed by atoms with Crippen LogP contribution in [0.2, 0.25) is 0 Å². The molecule has 0 fully saturated rings. The van der Waals surface area contributed by atoms with Gasteiger partial charge in [0.05, 0.1) is 18.8 Å². The summed E-state index contributed by atoms with van der Waals surface area (Å²) in [5.74, 6) is 0.171. The van der Waals surface area contributed by atoms with Gasteiger partial charge in [-0.3, -0.25) is 10.3 Å². The lowest BCUT2D eigenvalue weighted by atomic mass is 9.95. The number of nitrogens with two attached hydrogens (primary N) is 1. The number of rotatable bonds is 7. The highest BCUT2D eigenvalue weighted by Gasteiger charge is 2.16. The topological polar surface area (TPSA) is 85.7 Å². The smallest absolute Gasteiger partial charge is 0.231 e. The lowest BCUT2D eigenvalue weighted by molar-refractivity contribution is 0.208. The molecule has 0 radical (unpaired) electrons. The fourth-order valence-corrected chi connectivity index (χ4v) is 2.80. The number of guanidine groups is 1. The third-order valence-electron chi connectivity index (χ3n) is 4.38. The van der Waals surface area contributed by atoms with Crippen molar-refractivity contribution in [3.05, 3.63) is 71.7 Å². The molecule has 29 heavy (non-hydrogen) atoms. The van der Waals surface area contributed by atoms with Gasteiger partial charge >= 0.3 is 0 Å². The lowest BCUT2D eigenvalue weighted by Gasteiger charge is -2.11. The van der Waals surface area contributed by atoms with E-state index in [0.717, 1.165) is 11.1 Å². The number of nitrogens with one attached hydrogen (secondary N) is 1. The van der Waals surface area contributed by atoms with E-state index in [1.165, 1.54) is 6.07 Å². The van der Waals surface area contributed by atoms with Crippen molar-refractivity contribution in [1.29, 1.82) is 0 Å². The Morgan fingerprint density at radius 2 is 2.00 bits per heavy atom. The lowest BCUT2D eigenvalue weighted by Crippen LogP contribution is -2.23. The summed E-state index contributed by atoms with van der Waals surface area (Å²) < 4.78 is 24.8. The fourth-order valence-electron chi connectivity index (χ4n) is 2.80. The first-order valence-electron chi connectivity index (χ1n) is 8.96. The first-order chi connectivity index (χ1) is 13.6. The molecule has 3 aromatic rings. The van der Waals surface area contributed by atoms with Crippen LogP contribution in [0.3, 0.4) is 0 Å². The molecule has 0 bridgehead atoms. The number of aromatic nitrogens is 1. The van der Waals surface area contributed by atoms with E-state index >= 15 is 0 Å². The van der Waals surface area contributed by atoms with Crippen LogP contribution in [-0.2, 0) is 4.74 Å². The number of anilines is 1. The van der Waals surface area contributed by atoms with Crippen molar-refractivity contribution in [2.75, 3.05) is 25.6 Å². The van der Waals surface area contributed by atoms with Crippen LogP contribution < -0.4 is 11.1 Å². The Hall–Kier alpha value is -2.90. The molecular weight excluding hydrogens is 395 g/mol. The average Bonchev–Trinajstić information content (AvgIpc) is 3.16. The van der Waals surface area contributed by atoms with Gasteiger partial charge in [0, 0.05) is 24.7 Å². The number of ether oxygens (including phenoxy) is 1. The quantitative estimate of drug-likeness (QED) is 0.337. The fraction of sp³-hybridized carbons (Fsp3) is 0.238. The molecule has 0 amide bonds. The summed E-state index contributed by atoms with van der Waals surface area (Å²) in [6.07, 6.45) is 0. The van der Waals surface area contributed by atoms with E-state index in [0.29, 0.717) is 30.3 Å². The van der Waals surface area contributed by atoms with Crippen LogP contribution in [0.4, 0.5) is 10.3 Å². The highest BCUT2D eigenvalue weighted by atomic mass is 35.5. The van der Waals surface area contributed by atoms with Crippen LogP contribution in [0.5, 0.6) is 0 Å². The summed E-state index contributed by atoms with van der Waals surface area (Å²) >= 11 is 0. The zero-order valence-corrected chi connectivity index (χ0v) is 17.1. The molecule has 1 unspecified atom stereocenters. The molecule has 6 nitrogen and oxygen atoms in total. The third-order valence-corrected chi connectivity index (χ3v) is 4.38. The van der Waals surface area contributed by atoms with Crippen molar-refractivity contribution in [3.63, 3.8) is 0 Å². The Balaban J connectivity index is 0.00000300. The molecule has 1 aromatic heterocycles. The van der Waals surface area contributed by atoms with Crippen LogP contribution in [0.1, 0.15) is 24.1 Å². The molecule has 1 heterocycles. The van der Waals surface area contributed by atoms with E-state index in [1.54, 1.807) is 19.2 Å². The summed E-state index contributed by atoms with van der Waals surface area (Å²) in [7, 11) is 1.60. The SMILES string of the molecule is COCCN=C(N)Nc1cc(C(C)c2ccc(-c3ccccc3)c(F)c2)no1.Cl. The zero-order valence-electron chi connectivity index (χ0n) is 16.3. The minimum atomic E-state index is -0.271. The Kier molecular flexibility index (Phi) is 8.18. The highest BCUT2D eigenvalue weighted by molar-refractivity contribution is 5.90. The number of nitrogens with zero attached hydrogens (tertiary/aromatic N) is 2. The average molecular weight is 419 g/mol. The predicted molar refractivity (Wildman–Crippen MR) is 115 cm³/mol. The Morgan fingerprint density at radius 3 is 2.69 bits per heavy atom. The second-order valence-electron chi connectivity index (χ2n) is 6.33. The third kappa shape index (κ3) is 5.79. The van der Waals surface area contributed by atoms with Crippen molar-refractivity contribution in [3.8, 4) is 11.1 Å². The van der Waals surface area contributed by atoms with Crippen molar-refractivity contribution in [2.24, 2.45) is 10.7 Å². The molecule has 8 heteroatoms. The standard InChI is InChI=1S/C21H23FN4O2.ClH/c1-14(19-13-20(28-26-19)25-21(23)24-10-11-27-2)16-8-9-17(18(22)12-16)15-6-4-3-5-7-15;/h3-9,12-14H,10-11H2,1-2H3,(H3,23,24,25);1H. The Labute approximate surface area is 175 Å². The molecule has 1 atom stereocenters.